The average Bonchev–Trinajstić information content (AvgIpc) is 0.865. The number of carboxylic acids is 3. The lowest BCUT2D eigenvalue weighted by Gasteiger charge is -2.29. The summed E-state index contributed by atoms with van der Waals surface area (Å²) in [6.45, 7) is 12.1. The minimum absolute atomic E-state index is 0.0840. The van der Waals surface area contributed by atoms with Crippen molar-refractivity contribution >= 4 is 122 Å². The summed E-state index contributed by atoms with van der Waals surface area (Å²) in [6.07, 6.45) is -4.52. The minimum atomic E-state index is -1.82. The number of carbonyl (C=O) groups is 18. The number of hydrogen-bond acceptors (Lipinski definition) is 21. The summed E-state index contributed by atoms with van der Waals surface area (Å²) in [7, 11) is 0. The number of aliphatic hydroxyl groups is 2. The highest BCUT2D eigenvalue weighted by molar-refractivity contribution is 9.09. The van der Waals surface area contributed by atoms with Gasteiger partial charge >= 0.3 is 17.9 Å². The van der Waals surface area contributed by atoms with Gasteiger partial charge < -0.3 is 111 Å². The van der Waals surface area contributed by atoms with Crippen LogP contribution in [0.4, 0.5) is 0 Å². The van der Waals surface area contributed by atoms with Crippen LogP contribution < -0.4 is 85.9 Å². The van der Waals surface area contributed by atoms with Gasteiger partial charge in [0.1, 0.15) is 66.5 Å². The number of aliphatic carboxylic acids is 3. The molecule has 101 heavy (non-hydrogen) atoms. The van der Waals surface area contributed by atoms with E-state index in [0.717, 1.165) is 6.92 Å². The van der Waals surface area contributed by atoms with Crippen molar-refractivity contribution in [2.75, 3.05) is 38.1 Å². The molecule has 0 aromatic rings. The topological polar surface area (TPSA) is 629 Å². The van der Waals surface area contributed by atoms with E-state index < -0.39 is 262 Å². The molecule has 0 aliphatic heterocycles. The third-order valence-corrected chi connectivity index (χ3v) is 15.7. The number of nitrogens with one attached hydrogen (secondary N) is 14. The van der Waals surface area contributed by atoms with Gasteiger partial charge in [-0.3, -0.25) is 81.5 Å². The lowest BCUT2D eigenvalue weighted by Crippen LogP contribution is -2.62. The van der Waals surface area contributed by atoms with Crippen LogP contribution in [-0.4, -0.2) is 243 Å². The van der Waals surface area contributed by atoms with Gasteiger partial charge in [0, 0.05) is 19.3 Å². The van der Waals surface area contributed by atoms with Gasteiger partial charge in [0.25, 0.3) is 0 Å². The van der Waals surface area contributed by atoms with Crippen LogP contribution in [0.2, 0.25) is 0 Å². The molecule has 39 nitrogen and oxygen atoms in total. The van der Waals surface area contributed by atoms with Crippen molar-refractivity contribution in [2.24, 2.45) is 35.1 Å². The number of halogens is 1. The minimum Gasteiger partial charge on any atom is -0.481 e. The van der Waals surface area contributed by atoms with Crippen LogP contribution >= 0.6 is 15.9 Å². The molecule has 0 saturated carbocycles. The Labute approximate surface area is 592 Å². The Morgan fingerprint density at radius 2 is 0.792 bits per heavy atom. The Morgan fingerprint density at radius 1 is 0.406 bits per heavy atom. The summed E-state index contributed by atoms with van der Waals surface area (Å²) < 4.78 is 0. The van der Waals surface area contributed by atoms with Crippen LogP contribution in [0.25, 0.3) is 0 Å². The van der Waals surface area contributed by atoms with Gasteiger partial charge in [-0.2, -0.15) is 0 Å². The van der Waals surface area contributed by atoms with Crippen LogP contribution in [0.3, 0.4) is 0 Å². The van der Waals surface area contributed by atoms with Crippen LogP contribution in [0, 0.1) is 23.7 Å². The molecule has 15 amide bonds. The first kappa shape index (κ1) is 91.8. The number of amides is 15. The molecular weight excluding hydrogens is 1400 g/mol. The molecule has 23 N–H and O–H groups in total. The van der Waals surface area contributed by atoms with Crippen LogP contribution in [0.5, 0.6) is 0 Å². The molecule has 0 aromatic heterocycles. The molecule has 13 atom stereocenters. The number of unbranched alkanes of at least 4 members (excludes halogenated alkanes) is 1. The van der Waals surface area contributed by atoms with Gasteiger partial charge in [-0.1, -0.05) is 77.7 Å². The highest BCUT2D eigenvalue weighted by Crippen LogP contribution is 2.13. The third-order valence-electron chi connectivity index (χ3n) is 15.2. The molecule has 0 aromatic carbocycles. The Kier molecular flexibility index (Phi) is 43.4. The number of nitrogens with two attached hydrogens (primary N) is 2. The number of primary amides is 1. The molecular formula is C61H103BrN16O23. The lowest BCUT2D eigenvalue weighted by atomic mass is 9.97. The molecule has 0 saturated heterocycles. The number of carboxylic acid groups (broad SMARTS) is 3. The molecule has 0 rings (SSSR count). The van der Waals surface area contributed by atoms with Crippen molar-refractivity contribution < 1.29 is 112 Å². The van der Waals surface area contributed by atoms with E-state index in [1.165, 1.54) is 34.6 Å². The van der Waals surface area contributed by atoms with Crippen LogP contribution in [0.1, 0.15) is 140 Å². The normalized spacial score (nSPS) is 14.9. The summed E-state index contributed by atoms with van der Waals surface area (Å²) in [5, 5.41) is 81.8. The van der Waals surface area contributed by atoms with Crippen molar-refractivity contribution in [1.82, 2.24) is 74.4 Å². The van der Waals surface area contributed by atoms with E-state index in [9.17, 15) is 112 Å². The number of rotatable bonds is 50. The van der Waals surface area contributed by atoms with Gasteiger partial charge in [0.05, 0.1) is 37.7 Å². The Hall–Kier alpha value is -9.18. The summed E-state index contributed by atoms with van der Waals surface area (Å²) >= 11 is 2.90. The lowest BCUT2D eigenvalue weighted by molar-refractivity contribution is -0.144. The van der Waals surface area contributed by atoms with Crippen LogP contribution in [-0.2, 0) is 86.3 Å². The fraction of sp³-hybridized carbons (Fsp3) is 0.705. The van der Waals surface area contributed by atoms with E-state index in [1.807, 2.05) is 0 Å². The predicted molar refractivity (Wildman–Crippen MR) is 360 cm³/mol. The van der Waals surface area contributed by atoms with Crippen LogP contribution in [0.15, 0.2) is 0 Å². The summed E-state index contributed by atoms with van der Waals surface area (Å²) in [5.41, 5.74) is 10.9. The molecule has 0 fully saturated rings. The van der Waals surface area contributed by atoms with Crippen molar-refractivity contribution in [3.05, 3.63) is 0 Å². The third kappa shape index (κ3) is 36.6. The predicted octanol–water partition coefficient (Wildman–Crippen LogP) is -6.93. The second-order valence-corrected chi connectivity index (χ2v) is 25.5. The quantitative estimate of drug-likeness (QED) is 0.0199. The molecule has 0 aliphatic carbocycles. The Bertz CT molecular complexity index is 2890. The maximum absolute atomic E-state index is 14.0. The van der Waals surface area contributed by atoms with E-state index in [-0.39, 0.29) is 37.1 Å². The largest absolute Gasteiger partial charge is 0.481 e. The first-order chi connectivity index (χ1) is 47.1. The van der Waals surface area contributed by atoms with Gasteiger partial charge in [-0.15, -0.1) is 0 Å². The molecule has 0 radical (unpaired) electrons. The second kappa shape index (κ2) is 47.8. The Balaban J connectivity index is 6.24. The van der Waals surface area contributed by atoms with Crippen molar-refractivity contribution in [2.45, 2.75) is 212 Å². The zero-order chi connectivity index (χ0) is 77.6. The highest BCUT2D eigenvalue weighted by Gasteiger charge is 2.38. The molecule has 572 valence electrons. The SMILES string of the molecule is CC[C@H](C)[C@H](NC(=O)[C@H](CC(C)C)NC(=O)CNC(=O)[C@@H](NC(=O)[C@H](CO)NC(=O)[C@@H](NC(=O)[C@@H](NC(=O)CNC(=O)[C@H](C)NC(=O)[C@H](CCCCN)NC(=O)[C@H](CCC(=O)O)NC(=O)[C@H](CCC(=O)O)NC(=O)[C@H](CCC(N)=O)NC(=O)CNC(=O)CBr)C(C)C)C(C)C)[C@@H](C)O)C(=O)O. The molecule has 40 heteroatoms. The maximum atomic E-state index is 14.0. The standard InChI is InChI=1S/C61H103BrN16O23/c1-11-31(8)49(61(100)101)77-56(95)38(22-28(2)3)70-43(84)25-67-58(97)50(33(10)80)78-57(96)39(27-79)74-59(98)48(30(6)7)76-60(99)47(29(4)5)75-44(85)26-66-51(90)32(9)68-52(91)34(14-12-13-21-63)71-54(93)36(16-19-45(86)87)73-55(94)37(17-20-46(88)89)72-53(92)35(15-18-40(64)81)69-42(83)24-65-41(82)23-62/h28-39,47-50,79-80H,11-27,63H2,1-10H3,(H2,64,81)(H,65,82)(H,66,90)(H,67,97)(H,68,91)(H,69,83)(H,70,84)(H,71,93)(H,72,92)(H,73,94)(H,74,98)(H,75,85)(H,76,99)(H,77,95)(H,78,96)(H,86,87)(H,88,89)(H,100,101)/t31-,32-,33+,34-,35-,36-,37-,38-,39-,47-,48-,49-,50-/m0/s1. The fourth-order valence-electron chi connectivity index (χ4n) is 9.19. The zero-order valence-corrected chi connectivity index (χ0v) is 60.0. The molecule has 0 bridgehead atoms. The van der Waals surface area contributed by atoms with E-state index in [0.29, 0.717) is 12.8 Å². The van der Waals surface area contributed by atoms with Gasteiger partial charge in [-0.05, 0) is 89.0 Å². The molecule has 0 spiro atoms. The second-order valence-electron chi connectivity index (χ2n) is 25.0. The van der Waals surface area contributed by atoms with Gasteiger partial charge in [-0.25, -0.2) is 4.79 Å². The zero-order valence-electron chi connectivity index (χ0n) is 58.4. The summed E-state index contributed by atoms with van der Waals surface area (Å²) in [4.78, 5) is 234. The number of carbonyl (C=O) groups excluding carboxylic acids is 15. The Morgan fingerprint density at radius 3 is 1.23 bits per heavy atom. The maximum Gasteiger partial charge on any atom is 0.326 e. The first-order valence-electron chi connectivity index (χ1n) is 32.8. The molecule has 0 aliphatic rings. The van der Waals surface area contributed by atoms with E-state index in [2.05, 4.69) is 90.4 Å². The summed E-state index contributed by atoms with van der Waals surface area (Å²) in [5.74, 6) is -21.1. The first-order valence-corrected chi connectivity index (χ1v) is 33.9. The van der Waals surface area contributed by atoms with E-state index in [4.69, 9.17) is 11.5 Å². The summed E-state index contributed by atoms with van der Waals surface area (Å²) in [6, 6.07) is -17.1. The fourth-order valence-corrected chi connectivity index (χ4v) is 9.39. The number of aliphatic hydroxyl groups excluding tert-OH is 2. The van der Waals surface area contributed by atoms with E-state index in [1.54, 1.807) is 27.7 Å². The smallest absolute Gasteiger partial charge is 0.326 e. The van der Waals surface area contributed by atoms with Crippen molar-refractivity contribution in [1.29, 1.82) is 0 Å². The number of alkyl halides is 1. The molecule has 0 unspecified atom stereocenters. The van der Waals surface area contributed by atoms with Gasteiger partial charge in [0.2, 0.25) is 88.6 Å². The molecule has 0 heterocycles. The van der Waals surface area contributed by atoms with Gasteiger partial charge in [0.15, 0.2) is 0 Å². The average molecular weight is 1510 g/mol. The number of hydrogen-bond donors (Lipinski definition) is 21. The van der Waals surface area contributed by atoms with E-state index >= 15 is 0 Å². The van der Waals surface area contributed by atoms with Crippen molar-refractivity contribution in [3.8, 4) is 0 Å². The highest BCUT2D eigenvalue weighted by atomic mass is 79.9. The monoisotopic (exact) mass is 1510 g/mol. The van der Waals surface area contributed by atoms with Crippen molar-refractivity contribution in [3.63, 3.8) is 0 Å².